The third kappa shape index (κ3) is 3.85. The summed E-state index contributed by atoms with van der Waals surface area (Å²) in [6, 6.07) is 15.6. The fourth-order valence-electron chi connectivity index (χ4n) is 1.59. The van der Waals surface area contributed by atoms with E-state index in [2.05, 4.69) is 4.98 Å². The van der Waals surface area contributed by atoms with Crippen LogP contribution in [0, 0.1) is 0 Å². The van der Waals surface area contributed by atoms with Crippen LogP contribution in [0.1, 0.15) is 11.3 Å². The fourth-order valence-corrected chi connectivity index (χ4v) is 1.59. The number of nitrogens with zero attached hydrogens (tertiary/aromatic N) is 1. The predicted molar refractivity (Wildman–Crippen MR) is 69.4 cm³/mol. The van der Waals surface area contributed by atoms with E-state index < -0.39 is 6.10 Å². The van der Waals surface area contributed by atoms with Crippen LogP contribution in [0.15, 0.2) is 60.8 Å². The number of rotatable bonds is 4. The predicted octanol–water partition coefficient (Wildman–Crippen LogP) is 2.70. The van der Waals surface area contributed by atoms with Gasteiger partial charge in [0, 0.05) is 18.3 Å². The molecule has 17 heavy (non-hydrogen) atoms. The van der Waals surface area contributed by atoms with Crippen LogP contribution in [0.4, 0.5) is 0 Å². The van der Waals surface area contributed by atoms with Crippen molar-refractivity contribution in [3.05, 3.63) is 72.1 Å². The lowest BCUT2D eigenvalue weighted by Gasteiger charge is -2.04. The number of benzene rings is 1. The number of aliphatic hydroxyl groups is 1. The van der Waals surface area contributed by atoms with Crippen molar-refractivity contribution >= 4 is 6.08 Å². The highest BCUT2D eigenvalue weighted by atomic mass is 16.3. The first kappa shape index (κ1) is 11.6. The lowest BCUT2D eigenvalue weighted by atomic mass is 10.1. The molecule has 0 saturated carbocycles. The third-order valence-corrected chi connectivity index (χ3v) is 2.45. The molecule has 0 fully saturated rings. The quantitative estimate of drug-likeness (QED) is 0.867. The van der Waals surface area contributed by atoms with Crippen LogP contribution in [-0.2, 0) is 6.42 Å². The van der Waals surface area contributed by atoms with Crippen molar-refractivity contribution in [1.29, 1.82) is 0 Å². The molecule has 0 aliphatic heterocycles. The molecule has 0 amide bonds. The lowest BCUT2D eigenvalue weighted by molar-refractivity contribution is 0.223. The molecule has 2 heteroatoms. The van der Waals surface area contributed by atoms with Gasteiger partial charge in [0.2, 0.25) is 0 Å². The fraction of sp³-hybridized carbons (Fsp3) is 0.133. The number of aromatic nitrogens is 1. The third-order valence-electron chi connectivity index (χ3n) is 2.45. The molecule has 1 aromatic carbocycles. The Morgan fingerprint density at radius 2 is 1.82 bits per heavy atom. The number of hydrogen-bond acceptors (Lipinski definition) is 2. The molecular weight excluding hydrogens is 210 g/mol. The zero-order valence-electron chi connectivity index (χ0n) is 9.53. The van der Waals surface area contributed by atoms with Crippen molar-refractivity contribution in [2.45, 2.75) is 12.5 Å². The minimum absolute atomic E-state index is 0.495. The summed E-state index contributed by atoms with van der Waals surface area (Å²) in [5.41, 5.74) is 1.99. The molecule has 2 nitrogen and oxygen atoms in total. The molecule has 0 radical (unpaired) electrons. The first-order valence-electron chi connectivity index (χ1n) is 5.66. The minimum Gasteiger partial charge on any atom is -0.389 e. The van der Waals surface area contributed by atoms with Crippen molar-refractivity contribution in [2.75, 3.05) is 0 Å². The monoisotopic (exact) mass is 225 g/mol. The summed E-state index contributed by atoms with van der Waals surface area (Å²) < 4.78 is 0. The molecule has 0 aliphatic carbocycles. The minimum atomic E-state index is -0.495. The van der Waals surface area contributed by atoms with Gasteiger partial charge in [-0.3, -0.25) is 4.98 Å². The topological polar surface area (TPSA) is 33.1 Å². The van der Waals surface area contributed by atoms with Crippen LogP contribution in [0.3, 0.4) is 0 Å². The van der Waals surface area contributed by atoms with Gasteiger partial charge >= 0.3 is 0 Å². The Morgan fingerprint density at radius 1 is 1.06 bits per heavy atom. The molecule has 0 aliphatic rings. The van der Waals surface area contributed by atoms with E-state index in [-0.39, 0.29) is 0 Å². The average Bonchev–Trinajstić information content (AvgIpc) is 2.39. The Labute approximate surface area is 101 Å². The van der Waals surface area contributed by atoms with Gasteiger partial charge in [0.1, 0.15) is 0 Å². The Morgan fingerprint density at radius 3 is 2.53 bits per heavy atom. The highest BCUT2D eigenvalue weighted by molar-refractivity contribution is 5.49. The molecule has 1 heterocycles. The number of pyridine rings is 1. The standard InChI is InChI=1S/C15H15NO/c17-15(12-14-8-4-5-11-16-14)10-9-13-6-2-1-3-7-13/h1-11,15,17H,12H2/b10-9+/t15-/m1/s1. The van der Waals surface area contributed by atoms with Crippen LogP contribution < -0.4 is 0 Å². The van der Waals surface area contributed by atoms with Crippen molar-refractivity contribution < 1.29 is 5.11 Å². The van der Waals surface area contributed by atoms with Crippen LogP contribution in [0.5, 0.6) is 0 Å². The summed E-state index contributed by atoms with van der Waals surface area (Å²) in [7, 11) is 0. The van der Waals surface area contributed by atoms with E-state index in [4.69, 9.17) is 0 Å². The smallest absolute Gasteiger partial charge is 0.0779 e. The lowest BCUT2D eigenvalue weighted by Crippen LogP contribution is -2.07. The van der Waals surface area contributed by atoms with Gasteiger partial charge in [-0.2, -0.15) is 0 Å². The van der Waals surface area contributed by atoms with E-state index in [0.717, 1.165) is 11.3 Å². The SMILES string of the molecule is O[C@H](/C=C/c1ccccc1)Cc1ccccn1. The second-order valence-corrected chi connectivity index (χ2v) is 3.86. The number of hydrogen-bond donors (Lipinski definition) is 1. The van der Waals surface area contributed by atoms with E-state index in [1.165, 1.54) is 0 Å². The zero-order valence-corrected chi connectivity index (χ0v) is 9.53. The van der Waals surface area contributed by atoms with Gasteiger partial charge in [-0.05, 0) is 17.7 Å². The van der Waals surface area contributed by atoms with Crippen molar-refractivity contribution in [2.24, 2.45) is 0 Å². The van der Waals surface area contributed by atoms with Gasteiger partial charge in [0.25, 0.3) is 0 Å². The second-order valence-electron chi connectivity index (χ2n) is 3.86. The second kappa shape index (κ2) is 5.97. The van der Waals surface area contributed by atoms with Crippen LogP contribution in [0.25, 0.3) is 6.08 Å². The van der Waals surface area contributed by atoms with Gasteiger partial charge in [0.05, 0.1) is 6.10 Å². The van der Waals surface area contributed by atoms with E-state index in [1.54, 1.807) is 12.3 Å². The highest BCUT2D eigenvalue weighted by Gasteiger charge is 2.01. The average molecular weight is 225 g/mol. The Bertz CT molecular complexity index is 465. The molecule has 2 aromatic rings. The van der Waals surface area contributed by atoms with Crippen LogP contribution in [-0.4, -0.2) is 16.2 Å². The van der Waals surface area contributed by atoms with Gasteiger partial charge < -0.3 is 5.11 Å². The van der Waals surface area contributed by atoms with Gasteiger partial charge in [-0.15, -0.1) is 0 Å². The largest absolute Gasteiger partial charge is 0.389 e. The van der Waals surface area contributed by atoms with Crippen molar-refractivity contribution in [3.63, 3.8) is 0 Å². The molecule has 0 saturated heterocycles. The van der Waals surface area contributed by atoms with E-state index >= 15 is 0 Å². The molecule has 2 rings (SSSR count). The normalized spacial score (nSPS) is 12.8. The Hall–Kier alpha value is -1.93. The van der Waals surface area contributed by atoms with Crippen LogP contribution in [0.2, 0.25) is 0 Å². The summed E-state index contributed by atoms with van der Waals surface area (Å²) in [6.45, 7) is 0. The molecule has 0 spiro atoms. The molecule has 1 atom stereocenters. The molecule has 1 aromatic heterocycles. The summed E-state index contributed by atoms with van der Waals surface area (Å²) in [6.07, 6.45) is 5.51. The van der Waals surface area contributed by atoms with Crippen LogP contribution >= 0.6 is 0 Å². The summed E-state index contributed by atoms with van der Waals surface area (Å²) in [4.78, 5) is 4.18. The maximum absolute atomic E-state index is 9.84. The van der Waals surface area contributed by atoms with Gasteiger partial charge in [0.15, 0.2) is 0 Å². The van der Waals surface area contributed by atoms with E-state index in [0.29, 0.717) is 6.42 Å². The Kier molecular flexibility index (Phi) is 4.05. The first-order chi connectivity index (χ1) is 8.34. The maximum atomic E-state index is 9.84. The van der Waals surface area contributed by atoms with Crippen molar-refractivity contribution in [3.8, 4) is 0 Å². The first-order valence-corrected chi connectivity index (χ1v) is 5.66. The Balaban J connectivity index is 1.94. The van der Waals surface area contributed by atoms with Gasteiger partial charge in [-0.25, -0.2) is 0 Å². The molecule has 0 bridgehead atoms. The maximum Gasteiger partial charge on any atom is 0.0779 e. The van der Waals surface area contributed by atoms with Crippen molar-refractivity contribution in [1.82, 2.24) is 4.98 Å². The molecule has 0 unspecified atom stereocenters. The summed E-state index contributed by atoms with van der Waals surface area (Å²) in [5, 5.41) is 9.84. The summed E-state index contributed by atoms with van der Waals surface area (Å²) in [5.74, 6) is 0. The molecule has 86 valence electrons. The zero-order chi connectivity index (χ0) is 11.9. The molecule has 1 N–H and O–H groups in total. The van der Waals surface area contributed by atoms with E-state index in [1.807, 2.05) is 54.6 Å². The molecular formula is C15H15NO. The highest BCUT2D eigenvalue weighted by Crippen LogP contribution is 2.05. The number of aliphatic hydroxyl groups excluding tert-OH is 1. The summed E-state index contributed by atoms with van der Waals surface area (Å²) >= 11 is 0. The van der Waals surface area contributed by atoms with E-state index in [9.17, 15) is 5.11 Å². The van der Waals surface area contributed by atoms with Gasteiger partial charge in [-0.1, -0.05) is 48.6 Å².